The van der Waals surface area contributed by atoms with Crippen LogP contribution < -0.4 is 5.32 Å². The van der Waals surface area contributed by atoms with E-state index in [9.17, 15) is 8.42 Å². The third kappa shape index (κ3) is 4.06. The van der Waals surface area contributed by atoms with Crippen LogP contribution in [0.4, 0.5) is 0 Å². The highest BCUT2D eigenvalue weighted by Crippen LogP contribution is 2.39. The van der Waals surface area contributed by atoms with E-state index in [4.69, 9.17) is 0 Å². The molecule has 0 amide bonds. The van der Waals surface area contributed by atoms with E-state index in [-0.39, 0.29) is 0 Å². The van der Waals surface area contributed by atoms with E-state index in [2.05, 4.69) is 28.2 Å². The molecule has 1 aliphatic carbocycles. The Morgan fingerprint density at radius 1 is 1.43 bits per heavy atom. The first-order chi connectivity index (χ1) is 9.86. The Kier molecular flexibility index (Phi) is 5.46. The fraction of sp³-hybridized carbons (Fsp3) is 0.600. The minimum Gasteiger partial charge on any atom is -0.313 e. The lowest BCUT2D eigenvalue weighted by Gasteiger charge is -2.18. The summed E-state index contributed by atoms with van der Waals surface area (Å²) in [6, 6.07) is 5.44. The highest BCUT2D eigenvalue weighted by atomic mass is 79.9. The van der Waals surface area contributed by atoms with Crippen molar-refractivity contribution in [2.45, 2.75) is 31.7 Å². The zero-order chi connectivity index (χ0) is 15.6. The van der Waals surface area contributed by atoms with Crippen LogP contribution in [0.25, 0.3) is 0 Å². The Hall–Kier alpha value is -0.430. The molecule has 1 saturated carbocycles. The van der Waals surface area contributed by atoms with E-state index < -0.39 is 10.0 Å². The Bertz CT molecular complexity index is 604. The van der Waals surface area contributed by atoms with E-state index in [1.165, 1.54) is 4.31 Å². The van der Waals surface area contributed by atoms with Gasteiger partial charge in [-0.2, -0.15) is 0 Å². The van der Waals surface area contributed by atoms with E-state index in [1.807, 2.05) is 19.1 Å². The van der Waals surface area contributed by atoms with Crippen molar-refractivity contribution in [3.05, 3.63) is 28.2 Å². The molecule has 1 aromatic carbocycles. The van der Waals surface area contributed by atoms with E-state index in [1.54, 1.807) is 13.1 Å². The number of nitrogens with zero attached hydrogens (tertiary/aromatic N) is 1. The summed E-state index contributed by atoms with van der Waals surface area (Å²) in [7, 11) is -1.75. The number of nitrogens with one attached hydrogen (secondary N) is 1. The van der Waals surface area contributed by atoms with Gasteiger partial charge in [0.2, 0.25) is 10.0 Å². The zero-order valence-electron chi connectivity index (χ0n) is 12.8. The third-order valence-corrected chi connectivity index (χ3v) is 6.83. The van der Waals surface area contributed by atoms with Crippen LogP contribution in [0, 0.1) is 11.8 Å². The summed E-state index contributed by atoms with van der Waals surface area (Å²) < 4.78 is 27.4. The molecule has 21 heavy (non-hydrogen) atoms. The fourth-order valence-corrected chi connectivity index (χ4v) is 4.69. The molecule has 1 aliphatic rings. The standard InChI is InChI=1S/C15H23BrN2O2S/c1-4-17-9-12-5-6-15(14(16)8-12)21(19,20)18(3)10-13-7-11(13)2/h5-6,8,11,13,17H,4,7,9-10H2,1-3H3. The average Bonchev–Trinajstić information content (AvgIpc) is 3.11. The van der Waals surface area contributed by atoms with Gasteiger partial charge in [-0.05, 0) is 58.4 Å². The van der Waals surface area contributed by atoms with E-state index in [0.29, 0.717) is 27.7 Å². The predicted molar refractivity (Wildman–Crippen MR) is 88.6 cm³/mol. The van der Waals surface area contributed by atoms with Gasteiger partial charge in [0.15, 0.2) is 0 Å². The van der Waals surface area contributed by atoms with Gasteiger partial charge < -0.3 is 5.32 Å². The van der Waals surface area contributed by atoms with Gasteiger partial charge >= 0.3 is 0 Å². The van der Waals surface area contributed by atoms with Crippen LogP contribution in [0.5, 0.6) is 0 Å². The van der Waals surface area contributed by atoms with E-state index in [0.717, 1.165) is 25.1 Å². The normalized spacial score (nSPS) is 21.8. The maximum atomic E-state index is 12.6. The van der Waals surface area contributed by atoms with Gasteiger partial charge in [-0.3, -0.25) is 0 Å². The van der Waals surface area contributed by atoms with Crippen molar-refractivity contribution in [1.82, 2.24) is 9.62 Å². The van der Waals surface area contributed by atoms with Crippen molar-refractivity contribution in [3.63, 3.8) is 0 Å². The van der Waals surface area contributed by atoms with Crippen LogP contribution in [-0.2, 0) is 16.6 Å². The van der Waals surface area contributed by atoms with Crippen LogP contribution in [0.15, 0.2) is 27.6 Å². The van der Waals surface area contributed by atoms with Gasteiger partial charge in [0.05, 0.1) is 4.90 Å². The first kappa shape index (κ1) is 16.9. The summed E-state index contributed by atoms with van der Waals surface area (Å²) in [5.41, 5.74) is 1.07. The predicted octanol–water partition coefficient (Wildman–Crippen LogP) is 2.84. The SMILES string of the molecule is CCNCc1ccc(S(=O)(=O)N(C)CC2CC2C)c(Br)c1. The van der Waals surface area contributed by atoms with Gasteiger partial charge in [-0.25, -0.2) is 12.7 Å². The lowest BCUT2D eigenvalue weighted by molar-refractivity contribution is 0.444. The Morgan fingerprint density at radius 3 is 2.62 bits per heavy atom. The van der Waals surface area contributed by atoms with Gasteiger partial charge in [0.1, 0.15) is 0 Å². The summed E-state index contributed by atoms with van der Waals surface area (Å²) >= 11 is 3.40. The van der Waals surface area contributed by atoms with E-state index >= 15 is 0 Å². The van der Waals surface area contributed by atoms with Crippen LogP contribution in [0.2, 0.25) is 0 Å². The van der Waals surface area contributed by atoms with Gasteiger partial charge in [0, 0.05) is 24.6 Å². The molecule has 1 fully saturated rings. The fourth-order valence-electron chi connectivity index (χ4n) is 2.38. The van der Waals surface area contributed by atoms with Crippen LogP contribution in [0.3, 0.4) is 0 Å². The maximum absolute atomic E-state index is 12.6. The first-order valence-electron chi connectivity index (χ1n) is 7.31. The molecule has 2 rings (SSSR count). The zero-order valence-corrected chi connectivity index (χ0v) is 15.2. The quantitative estimate of drug-likeness (QED) is 0.797. The number of rotatable bonds is 7. The van der Waals surface area contributed by atoms with Crippen molar-refractivity contribution in [1.29, 1.82) is 0 Å². The highest BCUT2D eigenvalue weighted by Gasteiger charge is 2.36. The molecular weight excluding hydrogens is 352 g/mol. The number of hydrogen-bond donors (Lipinski definition) is 1. The summed E-state index contributed by atoms with van der Waals surface area (Å²) in [6.45, 7) is 6.44. The summed E-state index contributed by atoms with van der Waals surface area (Å²) in [5.74, 6) is 1.16. The van der Waals surface area contributed by atoms with Crippen molar-refractivity contribution >= 4 is 26.0 Å². The Labute approximate surface area is 136 Å². The molecular formula is C15H23BrN2O2S. The van der Waals surface area contributed by atoms with Crippen LogP contribution in [0.1, 0.15) is 25.8 Å². The van der Waals surface area contributed by atoms with Crippen molar-refractivity contribution in [2.24, 2.45) is 11.8 Å². The maximum Gasteiger partial charge on any atom is 0.243 e. The number of sulfonamides is 1. The molecule has 2 atom stereocenters. The lowest BCUT2D eigenvalue weighted by Crippen LogP contribution is -2.29. The van der Waals surface area contributed by atoms with Crippen molar-refractivity contribution in [2.75, 3.05) is 20.1 Å². The monoisotopic (exact) mass is 374 g/mol. The lowest BCUT2D eigenvalue weighted by atomic mass is 10.2. The second-order valence-electron chi connectivity index (χ2n) is 5.80. The number of halogens is 1. The molecule has 0 aliphatic heterocycles. The number of hydrogen-bond acceptors (Lipinski definition) is 3. The third-order valence-electron chi connectivity index (χ3n) is 4.03. The van der Waals surface area contributed by atoms with Crippen molar-refractivity contribution < 1.29 is 8.42 Å². The Morgan fingerprint density at radius 2 is 2.10 bits per heavy atom. The van der Waals surface area contributed by atoms with Crippen LogP contribution in [-0.4, -0.2) is 32.9 Å². The summed E-state index contributed by atoms with van der Waals surface area (Å²) in [5, 5.41) is 3.23. The smallest absolute Gasteiger partial charge is 0.243 e. The molecule has 0 heterocycles. The van der Waals surface area contributed by atoms with Gasteiger partial charge in [-0.15, -0.1) is 0 Å². The largest absolute Gasteiger partial charge is 0.313 e. The van der Waals surface area contributed by atoms with Crippen LogP contribution >= 0.6 is 15.9 Å². The molecule has 1 N–H and O–H groups in total. The minimum absolute atomic E-state index is 0.346. The Balaban J connectivity index is 2.15. The molecule has 6 heteroatoms. The molecule has 0 radical (unpaired) electrons. The molecule has 1 aromatic rings. The molecule has 0 spiro atoms. The number of benzene rings is 1. The molecule has 4 nitrogen and oxygen atoms in total. The average molecular weight is 375 g/mol. The molecule has 0 bridgehead atoms. The minimum atomic E-state index is -3.42. The van der Waals surface area contributed by atoms with Gasteiger partial charge in [-0.1, -0.05) is 19.9 Å². The molecule has 2 unspecified atom stereocenters. The molecule has 118 valence electrons. The second kappa shape index (κ2) is 6.77. The van der Waals surface area contributed by atoms with Gasteiger partial charge in [0.25, 0.3) is 0 Å². The second-order valence-corrected chi connectivity index (χ2v) is 8.67. The molecule has 0 saturated heterocycles. The molecule has 0 aromatic heterocycles. The van der Waals surface area contributed by atoms with Crippen molar-refractivity contribution in [3.8, 4) is 0 Å². The first-order valence-corrected chi connectivity index (χ1v) is 9.55. The summed E-state index contributed by atoms with van der Waals surface area (Å²) in [6.07, 6.45) is 1.13. The topological polar surface area (TPSA) is 49.4 Å². The highest BCUT2D eigenvalue weighted by molar-refractivity contribution is 9.10. The summed E-state index contributed by atoms with van der Waals surface area (Å²) in [4.78, 5) is 0.346.